The van der Waals surface area contributed by atoms with Gasteiger partial charge in [-0.2, -0.15) is 0 Å². The predicted octanol–water partition coefficient (Wildman–Crippen LogP) is 2.95. The number of hydrogen-bond donors (Lipinski definition) is 1. The van der Waals surface area contributed by atoms with E-state index in [4.69, 9.17) is 5.73 Å². The van der Waals surface area contributed by atoms with Crippen molar-refractivity contribution >= 4 is 5.69 Å². The molecule has 2 N–H and O–H groups in total. The minimum Gasteiger partial charge on any atom is -0.367 e. The largest absolute Gasteiger partial charge is 0.367 e. The van der Waals surface area contributed by atoms with Gasteiger partial charge in [0.2, 0.25) is 0 Å². The van der Waals surface area contributed by atoms with Crippen LogP contribution in [-0.2, 0) is 0 Å². The number of aryl methyl sites for hydroxylation is 1. The summed E-state index contributed by atoms with van der Waals surface area (Å²) in [6.45, 7) is 2.95. The summed E-state index contributed by atoms with van der Waals surface area (Å²) in [4.78, 5) is 2.48. The molecule has 0 heterocycles. The second kappa shape index (κ2) is 4.27. The van der Waals surface area contributed by atoms with Crippen molar-refractivity contribution in [2.75, 3.05) is 18.5 Å². The molecular weight excluding hydrogens is 220 g/mol. The quantitative estimate of drug-likeness (QED) is 0.885. The fourth-order valence-electron chi connectivity index (χ4n) is 4.31. The number of fused-ring (bicyclic) bond motifs is 2. The molecule has 3 unspecified atom stereocenters. The van der Waals surface area contributed by atoms with E-state index in [1.54, 1.807) is 0 Å². The van der Waals surface area contributed by atoms with Gasteiger partial charge in [-0.1, -0.05) is 12.1 Å². The smallest absolute Gasteiger partial charge is 0.0551 e. The molecule has 0 spiro atoms. The highest BCUT2D eigenvalue weighted by Gasteiger charge is 2.52. The van der Waals surface area contributed by atoms with Crippen molar-refractivity contribution in [3.05, 3.63) is 29.8 Å². The van der Waals surface area contributed by atoms with Crippen molar-refractivity contribution in [1.82, 2.24) is 0 Å². The molecule has 0 aliphatic heterocycles. The third kappa shape index (κ3) is 1.66. The maximum atomic E-state index is 6.19. The van der Waals surface area contributed by atoms with E-state index in [0.717, 1.165) is 18.4 Å². The fourth-order valence-corrected chi connectivity index (χ4v) is 4.31. The van der Waals surface area contributed by atoms with Gasteiger partial charge in [0.25, 0.3) is 0 Å². The molecule has 0 radical (unpaired) electrons. The van der Waals surface area contributed by atoms with Gasteiger partial charge in [0.15, 0.2) is 0 Å². The first-order valence-electron chi connectivity index (χ1n) is 7.16. The third-order valence-electron chi connectivity index (χ3n) is 5.35. The van der Waals surface area contributed by atoms with Crippen LogP contribution in [0.5, 0.6) is 0 Å². The summed E-state index contributed by atoms with van der Waals surface area (Å²) in [6, 6.07) is 8.81. The number of benzene rings is 1. The van der Waals surface area contributed by atoms with Gasteiger partial charge >= 0.3 is 0 Å². The molecule has 0 saturated heterocycles. The van der Waals surface area contributed by atoms with Crippen molar-refractivity contribution in [1.29, 1.82) is 0 Å². The molecule has 3 rings (SSSR count). The van der Waals surface area contributed by atoms with E-state index in [0.29, 0.717) is 0 Å². The monoisotopic (exact) mass is 244 g/mol. The molecule has 2 aliphatic rings. The fraction of sp³-hybridized carbons (Fsp3) is 0.625. The molecule has 98 valence electrons. The van der Waals surface area contributed by atoms with Crippen LogP contribution in [0.2, 0.25) is 0 Å². The van der Waals surface area contributed by atoms with E-state index < -0.39 is 0 Å². The minimum absolute atomic E-state index is 0.219. The second-order valence-electron chi connectivity index (χ2n) is 6.29. The van der Waals surface area contributed by atoms with Gasteiger partial charge in [-0.15, -0.1) is 0 Å². The van der Waals surface area contributed by atoms with Crippen molar-refractivity contribution in [3.8, 4) is 0 Å². The molecule has 2 aliphatic carbocycles. The molecule has 2 bridgehead atoms. The highest BCUT2D eigenvalue weighted by atomic mass is 15.2. The van der Waals surface area contributed by atoms with E-state index in [9.17, 15) is 0 Å². The van der Waals surface area contributed by atoms with E-state index in [1.165, 1.54) is 36.9 Å². The lowest BCUT2D eigenvalue weighted by molar-refractivity contribution is 0.267. The number of likely N-dealkylation sites (N-methyl/N-ethyl adjacent to an activating group) is 1. The van der Waals surface area contributed by atoms with Crippen molar-refractivity contribution < 1.29 is 0 Å². The molecule has 1 aromatic rings. The van der Waals surface area contributed by atoms with E-state index in [2.05, 4.69) is 43.1 Å². The van der Waals surface area contributed by atoms with Crippen LogP contribution in [0.3, 0.4) is 0 Å². The maximum absolute atomic E-state index is 6.19. The summed E-state index contributed by atoms with van der Waals surface area (Å²) in [5.41, 5.74) is 9.06. The Morgan fingerprint density at radius 2 is 2.22 bits per heavy atom. The van der Waals surface area contributed by atoms with Crippen molar-refractivity contribution in [2.45, 2.75) is 38.1 Å². The summed E-state index contributed by atoms with van der Waals surface area (Å²) in [5, 5.41) is 0. The number of nitrogens with zero attached hydrogens (tertiary/aromatic N) is 1. The van der Waals surface area contributed by atoms with Crippen LogP contribution in [0, 0.1) is 18.8 Å². The Labute approximate surface area is 110 Å². The van der Waals surface area contributed by atoms with Crippen LogP contribution < -0.4 is 10.6 Å². The van der Waals surface area contributed by atoms with Gasteiger partial charge < -0.3 is 10.6 Å². The first-order chi connectivity index (χ1) is 8.65. The summed E-state index contributed by atoms with van der Waals surface area (Å²) in [7, 11) is 2.24. The summed E-state index contributed by atoms with van der Waals surface area (Å²) in [6.07, 6.45) is 5.48. The highest BCUT2D eigenvalue weighted by molar-refractivity contribution is 5.51. The van der Waals surface area contributed by atoms with Crippen LogP contribution >= 0.6 is 0 Å². The summed E-state index contributed by atoms with van der Waals surface area (Å²) in [5.74, 6) is 1.73. The van der Waals surface area contributed by atoms with Gasteiger partial charge in [0.05, 0.1) is 5.54 Å². The first-order valence-corrected chi connectivity index (χ1v) is 7.16. The standard InChI is InChI=1S/C16H24N2/c1-12-4-3-5-15(8-12)18(2)16(11-17)10-13-6-7-14(16)9-13/h3-5,8,13-14H,6-7,9-11,17H2,1-2H3. The Kier molecular flexibility index (Phi) is 2.86. The Morgan fingerprint density at radius 3 is 2.78 bits per heavy atom. The molecular formula is C16H24N2. The second-order valence-corrected chi connectivity index (χ2v) is 6.29. The average Bonchev–Trinajstić information content (AvgIpc) is 2.98. The van der Waals surface area contributed by atoms with Crippen LogP contribution in [-0.4, -0.2) is 19.1 Å². The van der Waals surface area contributed by atoms with E-state index in [1.807, 2.05) is 0 Å². The Morgan fingerprint density at radius 1 is 1.39 bits per heavy atom. The minimum atomic E-state index is 0.219. The zero-order valence-electron chi connectivity index (χ0n) is 11.5. The van der Waals surface area contributed by atoms with Crippen LogP contribution in [0.15, 0.2) is 24.3 Å². The molecule has 0 amide bonds. The van der Waals surface area contributed by atoms with Gasteiger partial charge in [-0.05, 0) is 62.1 Å². The topological polar surface area (TPSA) is 29.3 Å². The number of nitrogens with two attached hydrogens (primary N) is 1. The SMILES string of the molecule is Cc1cccc(N(C)C2(CN)CC3CCC2C3)c1. The molecule has 18 heavy (non-hydrogen) atoms. The lowest BCUT2D eigenvalue weighted by Crippen LogP contribution is -2.56. The molecule has 3 atom stereocenters. The molecule has 2 heteroatoms. The average molecular weight is 244 g/mol. The molecule has 0 aromatic heterocycles. The maximum Gasteiger partial charge on any atom is 0.0551 e. The normalized spacial score (nSPS) is 33.9. The first kappa shape index (κ1) is 12.0. The Hall–Kier alpha value is -1.02. The highest BCUT2D eigenvalue weighted by Crippen LogP contribution is 2.53. The zero-order valence-corrected chi connectivity index (χ0v) is 11.5. The number of anilines is 1. The molecule has 1 aromatic carbocycles. The summed E-state index contributed by atoms with van der Waals surface area (Å²) < 4.78 is 0. The molecule has 2 nitrogen and oxygen atoms in total. The van der Waals surface area contributed by atoms with Gasteiger partial charge in [0, 0.05) is 19.3 Å². The zero-order chi connectivity index (χ0) is 12.8. The van der Waals surface area contributed by atoms with Crippen molar-refractivity contribution in [2.24, 2.45) is 17.6 Å². The van der Waals surface area contributed by atoms with Crippen LogP contribution in [0.4, 0.5) is 5.69 Å². The van der Waals surface area contributed by atoms with Crippen LogP contribution in [0.25, 0.3) is 0 Å². The van der Waals surface area contributed by atoms with Gasteiger partial charge in [0.1, 0.15) is 0 Å². The van der Waals surface area contributed by atoms with E-state index >= 15 is 0 Å². The number of hydrogen-bond acceptors (Lipinski definition) is 2. The van der Waals surface area contributed by atoms with E-state index in [-0.39, 0.29) is 5.54 Å². The molecule has 2 saturated carbocycles. The lowest BCUT2D eigenvalue weighted by atomic mass is 9.79. The molecule has 2 fully saturated rings. The van der Waals surface area contributed by atoms with Gasteiger partial charge in [-0.25, -0.2) is 0 Å². The third-order valence-corrected chi connectivity index (χ3v) is 5.35. The van der Waals surface area contributed by atoms with Crippen LogP contribution in [0.1, 0.15) is 31.2 Å². The Bertz CT molecular complexity index is 442. The lowest BCUT2D eigenvalue weighted by Gasteiger charge is -2.46. The van der Waals surface area contributed by atoms with Crippen molar-refractivity contribution in [3.63, 3.8) is 0 Å². The summed E-state index contributed by atoms with van der Waals surface area (Å²) >= 11 is 0. The van der Waals surface area contributed by atoms with Gasteiger partial charge in [-0.3, -0.25) is 0 Å². The Balaban J connectivity index is 1.93. The predicted molar refractivity (Wildman–Crippen MR) is 76.8 cm³/mol. The number of rotatable bonds is 3.